The summed E-state index contributed by atoms with van der Waals surface area (Å²) in [4.78, 5) is 18.0. The summed E-state index contributed by atoms with van der Waals surface area (Å²) in [6.45, 7) is 4.70. The van der Waals surface area contributed by atoms with Crippen molar-refractivity contribution in [3.63, 3.8) is 0 Å². The maximum Gasteiger partial charge on any atom is 0.227 e. The van der Waals surface area contributed by atoms with Crippen LogP contribution in [-0.2, 0) is 22.4 Å². The first-order valence-electron chi connectivity index (χ1n) is 6.46. The smallest absolute Gasteiger partial charge is 0.227 e. The summed E-state index contributed by atoms with van der Waals surface area (Å²) in [5, 5.41) is 3.87. The van der Waals surface area contributed by atoms with Gasteiger partial charge >= 0.3 is 0 Å². The van der Waals surface area contributed by atoms with Crippen molar-refractivity contribution in [1.29, 1.82) is 0 Å². The molecule has 0 N–H and O–H groups in total. The van der Waals surface area contributed by atoms with Gasteiger partial charge in [0, 0.05) is 32.4 Å². The molecule has 1 aromatic rings. The van der Waals surface area contributed by atoms with Crippen molar-refractivity contribution >= 4 is 5.91 Å². The zero-order valence-electron chi connectivity index (χ0n) is 10.7. The van der Waals surface area contributed by atoms with Crippen LogP contribution in [0.2, 0.25) is 0 Å². The molecule has 0 bridgehead atoms. The second kappa shape index (κ2) is 6.49. The lowest BCUT2D eigenvalue weighted by Crippen LogP contribution is -2.40. The Hall–Kier alpha value is -1.43. The Balaban J connectivity index is 1.77. The van der Waals surface area contributed by atoms with Gasteiger partial charge < -0.3 is 14.2 Å². The molecule has 100 valence electrons. The summed E-state index contributed by atoms with van der Waals surface area (Å²) in [6, 6.07) is 0. The number of nitrogens with zero attached hydrogens (tertiary/aromatic N) is 3. The second-order valence-electron chi connectivity index (χ2n) is 4.35. The third kappa shape index (κ3) is 3.53. The lowest BCUT2D eigenvalue weighted by molar-refractivity contribution is -0.135. The van der Waals surface area contributed by atoms with Crippen LogP contribution in [0.25, 0.3) is 0 Å². The molecule has 0 spiro atoms. The first-order chi connectivity index (χ1) is 8.79. The number of carbonyl (C=O) groups excluding carboxylic acids is 1. The third-order valence-electron chi connectivity index (χ3n) is 2.90. The van der Waals surface area contributed by atoms with Crippen molar-refractivity contribution in [3.8, 4) is 0 Å². The van der Waals surface area contributed by atoms with Gasteiger partial charge in [-0.25, -0.2) is 0 Å². The van der Waals surface area contributed by atoms with Crippen LogP contribution in [-0.4, -0.2) is 47.3 Å². The minimum absolute atomic E-state index is 0.133. The van der Waals surface area contributed by atoms with E-state index in [1.807, 2.05) is 4.90 Å². The maximum absolute atomic E-state index is 11.9. The van der Waals surface area contributed by atoms with E-state index < -0.39 is 0 Å². The fourth-order valence-corrected chi connectivity index (χ4v) is 1.90. The Morgan fingerprint density at radius 1 is 1.33 bits per heavy atom. The van der Waals surface area contributed by atoms with Crippen molar-refractivity contribution in [1.82, 2.24) is 15.0 Å². The van der Waals surface area contributed by atoms with E-state index in [0.717, 1.165) is 18.7 Å². The van der Waals surface area contributed by atoms with Crippen molar-refractivity contribution in [2.75, 3.05) is 26.3 Å². The molecule has 0 radical (unpaired) electrons. The minimum Gasteiger partial charge on any atom is -0.378 e. The van der Waals surface area contributed by atoms with Gasteiger partial charge in [-0.15, -0.1) is 0 Å². The Bertz CT molecular complexity index is 386. The number of amides is 1. The molecule has 6 nitrogen and oxygen atoms in total. The van der Waals surface area contributed by atoms with Crippen molar-refractivity contribution in [3.05, 3.63) is 11.7 Å². The molecule has 18 heavy (non-hydrogen) atoms. The molecule has 1 aliphatic heterocycles. The Morgan fingerprint density at radius 3 is 2.83 bits per heavy atom. The predicted octanol–water partition coefficient (Wildman–Crippen LogP) is 0.813. The van der Waals surface area contributed by atoms with Crippen LogP contribution in [0.4, 0.5) is 0 Å². The molecule has 0 aliphatic carbocycles. The molecule has 1 saturated heterocycles. The molecule has 0 unspecified atom stereocenters. The number of rotatable bonds is 5. The second-order valence-corrected chi connectivity index (χ2v) is 4.35. The topological polar surface area (TPSA) is 68.5 Å². The van der Waals surface area contributed by atoms with Gasteiger partial charge in [-0.1, -0.05) is 12.1 Å². The number of hydrogen-bond donors (Lipinski definition) is 0. The summed E-state index contributed by atoms with van der Waals surface area (Å²) < 4.78 is 10.3. The highest BCUT2D eigenvalue weighted by molar-refractivity contribution is 5.76. The summed E-state index contributed by atoms with van der Waals surface area (Å²) in [5.74, 6) is 1.42. The molecule has 2 heterocycles. The molecular formula is C12H19N3O3. The number of carbonyl (C=O) groups is 1. The van der Waals surface area contributed by atoms with E-state index in [2.05, 4.69) is 17.1 Å². The van der Waals surface area contributed by atoms with E-state index >= 15 is 0 Å². The summed E-state index contributed by atoms with van der Waals surface area (Å²) in [5.41, 5.74) is 0. The van der Waals surface area contributed by atoms with Crippen molar-refractivity contribution in [2.24, 2.45) is 0 Å². The van der Waals surface area contributed by atoms with Gasteiger partial charge in [0.2, 0.25) is 11.8 Å². The third-order valence-corrected chi connectivity index (χ3v) is 2.90. The zero-order valence-corrected chi connectivity index (χ0v) is 10.7. The van der Waals surface area contributed by atoms with Gasteiger partial charge in [-0.05, 0) is 6.42 Å². The van der Waals surface area contributed by atoms with Crippen molar-refractivity contribution < 1.29 is 14.1 Å². The fraction of sp³-hybridized carbons (Fsp3) is 0.750. The summed E-state index contributed by atoms with van der Waals surface area (Å²) in [7, 11) is 0. The predicted molar refractivity (Wildman–Crippen MR) is 64.0 cm³/mol. The van der Waals surface area contributed by atoms with Gasteiger partial charge in [-0.3, -0.25) is 4.79 Å². The minimum atomic E-state index is 0.133. The molecule has 0 atom stereocenters. The van der Waals surface area contributed by atoms with Crippen LogP contribution in [0.3, 0.4) is 0 Å². The van der Waals surface area contributed by atoms with Crippen LogP contribution in [0, 0.1) is 0 Å². The van der Waals surface area contributed by atoms with E-state index in [9.17, 15) is 4.79 Å². The Morgan fingerprint density at radius 2 is 2.11 bits per heavy atom. The molecule has 0 saturated carbocycles. The highest BCUT2D eigenvalue weighted by atomic mass is 16.5. The van der Waals surface area contributed by atoms with Crippen LogP contribution < -0.4 is 0 Å². The standard InChI is InChI=1S/C12H19N3O3/c1-2-3-10-13-11(18-14-10)4-5-12(16)15-6-8-17-9-7-15/h2-9H2,1H3. The van der Waals surface area contributed by atoms with Crippen LogP contribution in [0.1, 0.15) is 31.5 Å². The Kier molecular flexibility index (Phi) is 4.69. The molecule has 1 aromatic heterocycles. The molecule has 2 rings (SSSR count). The van der Waals surface area contributed by atoms with Gasteiger partial charge in [0.25, 0.3) is 0 Å². The SMILES string of the molecule is CCCc1noc(CCC(=O)N2CCOCC2)n1. The largest absolute Gasteiger partial charge is 0.378 e. The van der Waals surface area contributed by atoms with E-state index in [1.165, 1.54) is 0 Å². The summed E-state index contributed by atoms with van der Waals surface area (Å²) >= 11 is 0. The average Bonchev–Trinajstić information content (AvgIpc) is 2.85. The molecule has 1 aliphatic rings. The number of ether oxygens (including phenoxy) is 1. The van der Waals surface area contributed by atoms with Gasteiger partial charge in [0.15, 0.2) is 5.82 Å². The normalized spacial score (nSPS) is 15.9. The summed E-state index contributed by atoms with van der Waals surface area (Å²) in [6.07, 6.45) is 2.76. The lowest BCUT2D eigenvalue weighted by Gasteiger charge is -2.26. The van der Waals surface area contributed by atoms with Crippen LogP contribution >= 0.6 is 0 Å². The first kappa shape index (κ1) is 13.0. The molecule has 0 aromatic carbocycles. The number of aromatic nitrogens is 2. The van der Waals surface area contributed by atoms with Crippen molar-refractivity contribution in [2.45, 2.75) is 32.6 Å². The zero-order chi connectivity index (χ0) is 12.8. The Labute approximate surface area is 106 Å². The van der Waals surface area contributed by atoms with Gasteiger partial charge in [-0.2, -0.15) is 4.98 Å². The van der Waals surface area contributed by atoms with Gasteiger partial charge in [0.05, 0.1) is 13.2 Å². The molecule has 1 fully saturated rings. The van der Waals surface area contributed by atoms with E-state index in [4.69, 9.17) is 9.26 Å². The molecule has 1 amide bonds. The van der Waals surface area contributed by atoms with E-state index in [-0.39, 0.29) is 5.91 Å². The number of morpholine rings is 1. The maximum atomic E-state index is 11.9. The lowest BCUT2D eigenvalue weighted by atomic mass is 10.2. The first-order valence-corrected chi connectivity index (χ1v) is 6.46. The number of aryl methyl sites for hydroxylation is 2. The van der Waals surface area contributed by atoms with E-state index in [0.29, 0.717) is 45.0 Å². The highest BCUT2D eigenvalue weighted by Crippen LogP contribution is 2.06. The quantitative estimate of drug-likeness (QED) is 0.777. The van der Waals surface area contributed by atoms with E-state index in [1.54, 1.807) is 0 Å². The fourth-order valence-electron chi connectivity index (χ4n) is 1.90. The average molecular weight is 253 g/mol. The highest BCUT2D eigenvalue weighted by Gasteiger charge is 2.17. The molecular weight excluding hydrogens is 234 g/mol. The molecule has 6 heteroatoms. The van der Waals surface area contributed by atoms with Crippen LogP contribution in [0.15, 0.2) is 4.52 Å². The van der Waals surface area contributed by atoms with Crippen LogP contribution in [0.5, 0.6) is 0 Å². The number of hydrogen-bond acceptors (Lipinski definition) is 5. The van der Waals surface area contributed by atoms with Gasteiger partial charge in [0.1, 0.15) is 0 Å². The monoisotopic (exact) mass is 253 g/mol.